The summed E-state index contributed by atoms with van der Waals surface area (Å²) < 4.78 is 18.8. The maximum absolute atomic E-state index is 13.0. The lowest BCUT2D eigenvalue weighted by atomic mass is 10.0. The molecule has 0 aliphatic carbocycles. The van der Waals surface area contributed by atoms with E-state index in [0.29, 0.717) is 23.5 Å². The van der Waals surface area contributed by atoms with Crippen molar-refractivity contribution in [3.8, 4) is 5.75 Å². The number of halogens is 1. The molecule has 3 aromatic carbocycles. The summed E-state index contributed by atoms with van der Waals surface area (Å²) in [5.74, 6) is 0.212. The topological polar surface area (TPSA) is 26.3 Å². The van der Waals surface area contributed by atoms with Gasteiger partial charge < -0.3 is 4.74 Å². The molecule has 2 nitrogen and oxygen atoms in total. The minimum absolute atomic E-state index is 0.138. The number of hydrogen-bond acceptors (Lipinski definition) is 2. The first-order chi connectivity index (χ1) is 12.0. The summed E-state index contributed by atoms with van der Waals surface area (Å²) in [6.45, 7) is 4.60. The number of hydrogen-bond donors (Lipinski definition) is 0. The molecule has 3 aromatic rings. The van der Waals surface area contributed by atoms with Crippen molar-refractivity contribution >= 4 is 5.78 Å². The van der Waals surface area contributed by atoms with Crippen LogP contribution in [0, 0.1) is 19.7 Å². The van der Waals surface area contributed by atoms with Crippen molar-refractivity contribution < 1.29 is 13.9 Å². The van der Waals surface area contributed by atoms with Crippen molar-refractivity contribution in [2.75, 3.05) is 0 Å². The van der Waals surface area contributed by atoms with E-state index in [1.807, 2.05) is 0 Å². The molecular formula is C22H19FO2. The normalized spacial score (nSPS) is 10.5. The van der Waals surface area contributed by atoms with Crippen LogP contribution in [-0.2, 0) is 6.61 Å². The smallest absolute Gasteiger partial charge is 0.193 e. The minimum Gasteiger partial charge on any atom is -0.489 e. The molecule has 0 spiro atoms. The molecule has 0 bridgehead atoms. The van der Waals surface area contributed by atoms with Gasteiger partial charge in [0.05, 0.1) is 0 Å². The third kappa shape index (κ3) is 4.13. The predicted molar refractivity (Wildman–Crippen MR) is 96.5 cm³/mol. The predicted octanol–water partition coefficient (Wildman–Crippen LogP) is 5.25. The highest BCUT2D eigenvalue weighted by Crippen LogP contribution is 2.18. The summed E-state index contributed by atoms with van der Waals surface area (Å²) in [5.41, 5.74) is 4.54. The van der Waals surface area contributed by atoms with Crippen molar-refractivity contribution in [2.24, 2.45) is 0 Å². The number of ketones is 1. The Morgan fingerprint density at radius 1 is 0.880 bits per heavy atom. The summed E-state index contributed by atoms with van der Waals surface area (Å²) in [5, 5.41) is 0. The second kappa shape index (κ2) is 7.31. The Morgan fingerprint density at radius 2 is 1.48 bits per heavy atom. The van der Waals surface area contributed by atoms with Crippen LogP contribution in [0.2, 0.25) is 0 Å². The zero-order valence-corrected chi connectivity index (χ0v) is 14.3. The van der Waals surface area contributed by atoms with Crippen molar-refractivity contribution in [2.45, 2.75) is 20.5 Å². The Hall–Kier alpha value is -2.94. The molecule has 25 heavy (non-hydrogen) atoms. The third-order valence-electron chi connectivity index (χ3n) is 4.12. The van der Waals surface area contributed by atoms with E-state index in [0.717, 1.165) is 5.56 Å². The summed E-state index contributed by atoms with van der Waals surface area (Å²) in [6.07, 6.45) is 0. The van der Waals surface area contributed by atoms with Gasteiger partial charge in [-0.05, 0) is 73.5 Å². The summed E-state index contributed by atoms with van der Waals surface area (Å²) in [4.78, 5) is 12.4. The van der Waals surface area contributed by atoms with Gasteiger partial charge in [-0.25, -0.2) is 4.39 Å². The van der Waals surface area contributed by atoms with Gasteiger partial charge in [-0.3, -0.25) is 4.79 Å². The Morgan fingerprint density at radius 3 is 2.12 bits per heavy atom. The molecule has 0 heterocycles. The molecule has 0 saturated heterocycles. The van der Waals surface area contributed by atoms with Crippen molar-refractivity contribution in [1.29, 1.82) is 0 Å². The molecule has 0 aliphatic heterocycles. The zero-order chi connectivity index (χ0) is 17.8. The van der Waals surface area contributed by atoms with Crippen molar-refractivity contribution in [1.82, 2.24) is 0 Å². The first kappa shape index (κ1) is 16.9. The minimum atomic E-state index is -0.355. The van der Waals surface area contributed by atoms with Crippen LogP contribution in [0.5, 0.6) is 5.75 Å². The molecular weight excluding hydrogens is 315 g/mol. The maximum atomic E-state index is 13.0. The Labute approximate surface area is 146 Å². The molecule has 0 atom stereocenters. The van der Waals surface area contributed by atoms with Gasteiger partial charge in [0.1, 0.15) is 18.2 Å². The average Bonchev–Trinajstić information content (AvgIpc) is 2.63. The highest BCUT2D eigenvalue weighted by Gasteiger charge is 2.09. The van der Waals surface area contributed by atoms with Crippen LogP contribution in [0.3, 0.4) is 0 Å². The maximum Gasteiger partial charge on any atom is 0.193 e. The van der Waals surface area contributed by atoms with E-state index in [1.54, 1.807) is 24.3 Å². The molecule has 0 N–H and O–H groups in total. The SMILES string of the molecule is Cc1ccc(C)c(COc2ccc(C(=O)c3ccc(F)cc3)cc2)c1. The van der Waals surface area contributed by atoms with Gasteiger partial charge in [-0.1, -0.05) is 23.8 Å². The van der Waals surface area contributed by atoms with Crippen LogP contribution in [0.15, 0.2) is 66.7 Å². The van der Waals surface area contributed by atoms with Crippen LogP contribution >= 0.6 is 0 Å². The first-order valence-corrected chi connectivity index (χ1v) is 8.12. The Kier molecular flexibility index (Phi) is 4.94. The highest BCUT2D eigenvalue weighted by atomic mass is 19.1. The molecule has 0 aliphatic rings. The fourth-order valence-electron chi connectivity index (χ4n) is 2.59. The van der Waals surface area contributed by atoms with Gasteiger partial charge in [0, 0.05) is 11.1 Å². The first-order valence-electron chi connectivity index (χ1n) is 8.12. The number of carbonyl (C=O) groups excluding carboxylic acids is 1. The van der Waals surface area contributed by atoms with Gasteiger partial charge in [0.2, 0.25) is 0 Å². The molecule has 3 heteroatoms. The Bertz CT molecular complexity index is 881. The molecule has 0 aromatic heterocycles. The molecule has 3 rings (SSSR count). The van der Waals surface area contributed by atoms with Gasteiger partial charge in [0.25, 0.3) is 0 Å². The second-order valence-corrected chi connectivity index (χ2v) is 6.08. The number of ether oxygens (including phenoxy) is 1. The van der Waals surface area contributed by atoms with E-state index in [9.17, 15) is 9.18 Å². The van der Waals surface area contributed by atoms with E-state index in [4.69, 9.17) is 4.74 Å². The highest BCUT2D eigenvalue weighted by molar-refractivity contribution is 6.08. The Balaban J connectivity index is 1.68. The monoisotopic (exact) mass is 334 g/mol. The molecule has 0 unspecified atom stereocenters. The lowest BCUT2D eigenvalue weighted by molar-refractivity contribution is 0.103. The zero-order valence-electron chi connectivity index (χ0n) is 14.3. The van der Waals surface area contributed by atoms with Gasteiger partial charge in [-0.2, -0.15) is 0 Å². The van der Waals surface area contributed by atoms with E-state index in [2.05, 4.69) is 32.0 Å². The van der Waals surface area contributed by atoms with E-state index in [1.165, 1.54) is 35.4 Å². The summed E-state index contributed by atoms with van der Waals surface area (Å²) in [6, 6.07) is 18.8. The lowest BCUT2D eigenvalue weighted by Crippen LogP contribution is -2.02. The molecule has 0 radical (unpaired) electrons. The standard InChI is InChI=1S/C22H19FO2/c1-15-3-4-16(2)19(13-15)14-25-21-11-7-18(8-12-21)22(24)17-5-9-20(23)10-6-17/h3-13H,14H2,1-2H3. The third-order valence-corrected chi connectivity index (χ3v) is 4.12. The van der Waals surface area contributed by atoms with Crippen molar-refractivity contribution in [3.05, 3.63) is 100 Å². The number of aryl methyl sites for hydroxylation is 2. The number of benzene rings is 3. The van der Waals surface area contributed by atoms with E-state index >= 15 is 0 Å². The fourth-order valence-corrected chi connectivity index (χ4v) is 2.59. The van der Waals surface area contributed by atoms with Gasteiger partial charge in [-0.15, -0.1) is 0 Å². The largest absolute Gasteiger partial charge is 0.489 e. The molecule has 0 saturated carbocycles. The number of rotatable bonds is 5. The van der Waals surface area contributed by atoms with E-state index in [-0.39, 0.29) is 11.6 Å². The fraction of sp³-hybridized carbons (Fsp3) is 0.136. The van der Waals surface area contributed by atoms with Gasteiger partial charge in [0.15, 0.2) is 5.78 Å². The summed E-state index contributed by atoms with van der Waals surface area (Å²) in [7, 11) is 0. The summed E-state index contributed by atoms with van der Waals surface area (Å²) >= 11 is 0. The van der Waals surface area contributed by atoms with Crippen LogP contribution in [0.4, 0.5) is 4.39 Å². The molecule has 0 fully saturated rings. The second-order valence-electron chi connectivity index (χ2n) is 6.08. The van der Waals surface area contributed by atoms with E-state index < -0.39 is 0 Å². The van der Waals surface area contributed by atoms with Crippen LogP contribution < -0.4 is 4.74 Å². The average molecular weight is 334 g/mol. The van der Waals surface area contributed by atoms with Crippen molar-refractivity contribution in [3.63, 3.8) is 0 Å². The van der Waals surface area contributed by atoms with Crippen LogP contribution in [0.25, 0.3) is 0 Å². The van der Waals surface area contributed by atoms with Gasteiger partial charge >= 0.3 is 0 Å². The lowest BCUT2D eigenvalue weighted by Gasteiger charge is -2.10. The molecule has 126 valence electrons. The van der Waals surface area contributed by atoms with Crippen LogP contribution in [0.1, 0.15) is 32.6 Å². The number of carbonyl (C=O) groups is 1. The quantitative estimate of drug-likeness (QED) is 0.596. The van der Waals surface area contributed by atoms with Crippen LogP contribution in [-0.4, -0.2) is 5.78 Å². The molecule has 0 amide bonds.